The van der Waals surface area contributed by atoms with Crippen molar-refractivity contribution < 1.29 is 9.53 Å². The second kappa shape index (κ2) is 8.56. The highest BCUT2D eigenvalue weighted by Crippen LogP contribution is 2.32. The maximum atomic E-state index is 13.0. The van der Waals surface area contributed by atoms with Gasteiger partial charge in [0.1, 0.15) is 5.75 Å². The quantitative estimate of drug-likeness (QED) is 0.782. The number of benzene rings is 2. The molecule has 1 amide bonds. The van der Waals surface area contributed by atoms with Gasteiger partial charge in [-0.15, -0.1) is 0 Å². The minimum absolute atomic E-state index is 0.219. The fourth-order valence-corrected chi connectivity index (χ4v) is 4.59. The van der Waals surface area contributed by atoms with E-state index in [0.29, 0.717) is 6.54 Å². The number of carbonyl (C=O) groups is 1. The number of fused-ring (bicyclic) bond motifs is 1. The van der Waals surface area contributed by atoms with Crippen LogP contribution in [0.5, 0.6) is 5.75 Å². The molecular weight excluding hydrogens is 362 g/mol. The molecule has 2 aliphatic heterocycles. The van der Waals surface area contributed by atoms with Crippen molar-refractivity contribution in [3.63, 3.8) is 0 Å². The molecule has 0 radical (unpaired) electrons. The highest BCUT2D eigenvalue weighted by atomic mass is 16.5. The molecule has 0 aliphatic carbocycles. The van der Waals surface area contributed by atoms with Gasteiger partial charge < -0.3 is 9.64 Å². The van der Waals surface area contributed by atoms with Crippen LogP contribution in [-0.4, -0.2) is 61.6 Å². The van der Waals surface area contributed by atoms with Gasteiger partial charge in [0.2, 0.25) is 5.91 Å². The van der Waals surface area contributed by atoms with Crippen LogP contribution in [0.1, 0.15) is 23.6 Å². The molecule has 5 heteroatoms. The van der Waals surface area contributed by atoms with Crippen molar-refractivity contribution in [3.8, 4) is 5.75 Å². The molecule has 1 atom stereocenters. The smallest absolute Gasteiger partial charge is 0.241 e. The number of amides is 1. The number of rotatable bonds is 5. The summed E-state index contributed by atoms with van der Waals surface area (Å²) in [6.07, 6.45) is 0.952. The standard InChI is InChI=1S/C24H31N3O2/c1-18-8-9-23(29-3)21(14-18)16-25-10-12-26(13-11-25)17-24(28)27-19(2)15-20-6-4-5-7-22(20)27/h4-9,14,19H,10-13,15-17H2,1-3H3/t19-/m1/s1. The molecule has 1 saturated heterocycles. The molecule has 4 rings (SSSR count). The average molecular weight is 394 g/mol. The molecule has 2 aromatic carbocycles. The van der Waals surface area contributed by atoms with Crippen molar-refractivity contribution in [1.29, 1.82) is 0 Å². The first-order valence-corrected chi connectivity index (χ1v) is 10.5. The van der Waals surface area contributed by atoms with Crippen molar-refractivity contribution >= 4 is 11.6 Å². The van der Waals surface area contributed by atoms with Gasteiger partial charge in [-0.3, -0.25) is 14.6 Å². The molecule has 2 aromatic rings. The van der Waals surface area contributed by atoms with Gasteiger partial charge in [0.25, 0.3) is 0 Å². The number of para-hydroxylation sites is 1. The maximum Gasteiger partial charge on any atom is 0.241 e. The van der Waals surface area contributed by atoms with Crippen molar-refractivity contribution in [1.82, 2.24) is 9.80 Å². The van der Waals surface area contributed by atoms with E-state index in [1.54, 1.807) is 7.11 Å². The van der Waals surface area contributed by atoms with Crippen LogP contribution in [0.15, 0.2) is 42.5 Å². The van der Waals surface area contributed by atoms with E-state index < -0.39 is 0 Å². The molecule has 0 unspecified atom stereocenters. The first kappa shape index (κ1) is 19.9. The van der Waals surface area contributed by atoms with Crippen molar-refractivity contribution in [2.24, 2.45) is 0 Å². The highest BCUT2D eigenvalue weighted by Gasteiger charge is 2.31. The number of anilines is 1. The minimum Gasteiger partial charge on any atom is -0.496 e. The monoisotopic (exact) mass is 393 g/mol. The van der Waals surface area contributed by atoms with E-state index in [1.165, 1.54) is 16.7 Å². The van der Waals surface area contributed by atoms with E-state index in [4.69, 9.17) is 4.74 Å². The van der Waals surface area contributed by atoms with Crippen LogP contribution in [0.3, 0.4) is 0 Å². The van der Waals surface area contributed by atoms with E-state index in [9.17, 15) is 4.79 Å². The Morgan fingerprint density at radius 2 is 1.79 bits per heavy atom. The van der Waals surface area contributed by atoms with Gasteiger partial charge >= 0.3 is 0 Å². The van der Waals surface area contributed by atoms with Crippen LogP contribution >= 0.6 is 0 Å². The Hall–Kier alpha value is -2.37. The van der Waals surface area contributed by atoms with Gasteiger partial charge in [-0.25, -0.2) is 0 Å². The van der Waals surface area contributed by atoms with Gasteiger partial charge in [-0.2, -0.15) is 0 Å². The minimum atomic E-state index is 0.219. The lowest BCUT2D eigenvalue weighted by atomic mass is 10.1. The summed E-state index contributed by atoms with van der Waals surface area (Å²) in [5, 5.41) is 0. The molecule has 0 N–H and O–H groups in total. The molecule has 2 aliphatic rings. The zero-order valence-electron chi connectivity index (χ0n) is 17.7. The second-order valence-electron chi connectivity index (χ2n) is 8.31. The topological polar surface area (TPSA) is 36.0 Å². The number of piperazine rings is 1. The summed E-state index contributed by atoms with van der Waals surface area (Å²) in [7, 11) is 1.73. The number of carbonyl (C=O) groups excluding carboxylic acids is 1. The maximum absolute atomic E-state index is 13.0. The normalized spacial score (nSPS) is 20.0. The number of hydrogen-bond acceptors (Lipinski definition) is 4. The average Bonchev–Trinajstić information content (AvgIpc) is 3.05. The Morgan fingerprint density at radius 3 is 2.55 bits per heavy atom. The second-order valence-corrected chi connectivity index (χ2v) is 8.31. The largest absolute Gasteiger partial charge is 0.496 e. The number of aryl methyl sites for hydroxylation is 1. The van der Waals surface area contributed by atoms with Crippen LogP contribution in [-0.2, 0) is 17.8 Å². The zero-order valence-corrected chi connectivity index (χ0v) is 17.7. The summed E-state index contributed by atoms with van der Waals surface area (Å²) in [5.74, 6) is 1.17. The lowest BCUT2D eigenvalue weighted by Gasteiger charge is -2.35. The SMILES string of the molecule is COc1ccc(C)cc1CN1CCN(CC(=O)N2c3ccccc3C[C@H]2C)CC1. The summed E-state index contributed by atoms with van der Waals surface area (Å²) in [6, 6.07) is 14.9. The molecule has 2 heterocycles. The highest BCUT2D eigenvalue weighted by molar-refractivity contribution is 5.97. The molecular formula is C24H31N3O2. The van der Waals surface area contributed by atoms with Crippen molar-refractivity contribution in [2.75, 3.05) is 44.7 Å². The fourth-order valence-electron chi connectivity index (χ4n) is 4.59. The van der Waals surface area contributed by atoms with Crippen LogP contribution in [0.2, 0.25) is 0 Å². The number of methoxy groups -OCH3 is 1. The van der Waals surface area contributed by atoms with E-state index in [2.05, 4.69) is 60.0 Å². The molecule has 0 saturated carbocycles. The van der Waals surface area contributed by atoms with Gasteiger partial charge in [0.15, 0.2) is 0 Å². The molecule has 154 valence electrons. The molecule has 0 bridgehead atoms. The Morgan fingerprint density at radius 1 is 1.07 bits per heavy atom. The van der Waals surface area contributed by atoms with Crippen LogP contribution in [0.25, 0.3) is 0 Å². The van der Waals surface area contributed by atoms with E-state index in [0.717, 1.165) is 50.6 Å². The lowest BCUT2D eigenvalue weighted by Crippen LogP contribution is -2.50. The summed E-state index contributed by atoms with van der Waals surface area (Å²) >= 11 is 0. The Labute approximate surface area is 173 Å². The fraction of sp³-hybridized carbons (Fsp3) is 0.458. The van der Waals surface area contributed by atoms with Gasteiger partial charge in [0, 0.05) is 50.0 Å². The molecule has 1 fully saturated rings. The van der Waals surface area contributed by atoms with Crippen molar-refractivity contribution in [2.45, 2.75) is 32.9 Å². The lowest BCUT2D eigenvalue weighted by molar-refractivity contribution is -0.120. The van der Waals surface area contributed by atoms with Gasteiger partial charge in [-0.05, 0) is 38.0 Å². The summed E-state index contributed by atoms with van der Waals surface area (Å²) < 4.78 is 5.52. The van der Waals surface area contributed by atoms with E-state index >= 15 is 0 Å². The molecule has 0 aromatic heterocycles. The summed E-state index contributed by atoms with van der Waals surface area (Å²) in [4.78, 5) is 19.8. The number of nitrogens with zero attached hydrogens (tertiary/aromatic N) is 3. The van der Waals surface area contributed by atoms with Crippen LogP contribution < -0.4 is 9.64 Å². The predicted octanol–water partition coefficient (Wildman–Crippen LogP) is 3.10. The third-order valence-corrected chi connectivity index (χ3v) is 6.13. The first-order valence-electron chi connectivity index (χ1n) is 10.5. The Balaban J connectivity index is 1.33. The number of ether oxygens (including phenoxy) is 1. The predicted molar refractivity (Wildman–Crippen MR) is 117 cm³/mol. The first-order chi connectivity index (χ1) is 14.0. The van der Waals surface area contributed by atoms with Crippen LogP contribution in [0.4, 0.5) is 5.69 Å². The van der Waals surface area contributed by atoms with Gasteiger partial charge in [0.05, 0.1) is 13.7 Å². The van der Waals surface area contributed by atoms with Crippen molar-refractivity contribution in [3.05, 3.63) is 59.2 Å². The summed E-state index contributed by atoms with van der Waals surface area (Å²) in [5.41, 5.74) is 4.87. The Bertz CT molecular complexity index is 874. The zero-order chi connectivity index (χ0) is 20.4. The molecule has 5 nitrogen and oxygen atoms in total. The Kier molecular flexibility index (Phi) is 5.88. The number of hydrogen-bond donors (Lipinski definition) is 0. The van der Waals surface area contributed by atoms with E-state index in [-0.39, 0.29) is 11.9 Å². The third-order valence-electron chi connectivity index (χ3n) is 6.13. The van der Waals surface area contributed by atoms with E-state index in [1.807, 2.05) is 11.0 Å². The molecule has 0 spiro atoms. The summed E-state index contributed by atoms with van der Waals surface area (Å²) in [6.45, 7) is 9.43. The molecule has 29 heavy (non-hydrogen) atoms. The van der Waals surface area contributed by atoms with Gasteiger partial charge in [-0.1, -0.05) is 35.9 Å². The third kappa shape index (κ3) is 4.31. The van der Waals surface area contributed by atoms with Crippen LogP contribution in [0, 0.1) is 6.92 Å².